The summed E-state index contributed by atoms with van der Waals surface area (Å²) >= 11 is 3.69. The van der Waals surface area contributed by atoms with Gasteiger partial charge in [-0.15, -0.1) is 0 Å². The molecule has 2 atom stereocenters. The standard InChI is InChI=1S/C17H23BrO3/c18-15-10-4-5-11-16(15)20-12-6-7-13-21-17(19)14-8-2-1-3-9-14/h1-3,8-9,15-16H,4-7,10-13H2/t15-,16-/m1/s1. The smallest absolute Gasteiger partial charge is 0.338 e. The molecule has 1 aliphatic rings. The molecule has 0 aliphatic heterocycles. The monoisotopic (exact) mass is 354 g/mol. The fourth-order valence-corrected chi connectivity index (χ4v) is 3.24. The number of ether oxygens (including phenoxy) is 2. The van der Waals surface area contributed by atoms with Gasteiger partial charge in [-0.2, -0.15) is 0 Å². The van der Waals surface area contributed by atoms with Gasteiger partial charge in [0.25, 0.3) is 0 Å². The first-order chi connectivity index (χ1) is 10.3. The van der Waals surface area contributed by atoms with E-state index in [1.54, 1.807) is 12.1 Å². The van der Waals surface area contributed by atoms with Crippen molar-refractivity contribution in [2.45, 2.75) is 49.5 Å². The summed E-state index contributed by atoms with van der Waals surface area (Å²) in [5, 5.41) is 0. The van der Waals surface area contributed by atoms with Gasteiger partial charge in [0.1, 0.15) is 0 Å². The van der Waals surface area contributed by atoms with E-state index >= 15 is 0 Å². The SMILES string of the molecule is O=C(OCCCCO[C@@H]1CCCC[C@H]1Br)c1ccccc1. The molecule has 1 aromatic carbocycles. The van der Waals surface area contributed by atoms with Crippen LogP contribution in [0.4, 0.5) is 0 Å². The summed E-state index contributed by atoms with van der Waals surface area (Å²) in [5.74, 6) is -0.246. The van der Waals surface area contributed by atoms with Crippen LogP contribution in [0.1, 0.15) is 48.9 Å². The molecule has 0 spiro atoms. The highest BCUT2D eigenvalue weighted by atomic mass is 79.9. The fourth-order valence-electron chi connectivity index (χ4n) is 2.50. The molecule has 0 saturated heterocycles. The van der Waals surface area contributed by atoms with Gasteiger partial charge in [-0.1, -0.05) is 47.0 Å². The Morgan fingerprint density at radius 1 is 1.10 bits per heavy atom. The van der Waals surface area contributed by atoms with Crippen molar-refractivity contribution < 1.29 is 14.3 Å². The molecular weight excluding hydrogens is 332 g/mol. The Bertz CT molecular complexity index is 421. The van der Waals surface area contributed by atoms with E-state index in [1.165, 1.54) is 19.3 Å². The summed E-state index contributed by atoms with van der Waals surface area (Å²) in [6.07, 6.45) is 7.05. The van der Waals surface area contributed by atoms with Gasteiger partial charge in [0.15, 0.2) is 0 Å². The third kappa shape index (κ3) is 5.79. The lowest BCUT2D eigenvalue weighted by Gasteiger charge is -2.27. The Balaban J connectivity index is 1.53. The number of hydrogen-bond acceptors (Lipinski definition) is 3. The second kappa shape index (κ2) is 9.21. The Morgan fingerprint density at radius 3 is 2.57 bits per heavy atom. The molecule has 3 nitrogen and oxygen atoms in total. The molecule has 1 aromatic rings. The fraction of sp³-hybridized carbons (Fsp3) is 0.588. The van der Waals surface area contributed by atoms with E-state index in [4.69, 9.17) is 9.47 Å². The van der Waals surface area contributed by atoms with Gasteiger partial charge >= 0.3 is 5.97 Å². The van der Waals surface area contributed by atoms with Crippen molar-refractivity contribution in [3.63, 3.8) is 0 Å². The Kier molecular flexibility index (Phi) is 7.24. The lowest BCUT2D eigenvalue weighted by molar-refractivity contribution is 0.0268. The second-order valence-corrected chi connectivity index (χ2v) is 6.59. The molecule has 1 saturated carbocycles. The van der Waals surface area contributed by atoms with Crippen LogP contribution in [0.15, 0.2) is 30.3 Å². The summed E-state index contributed by atoms with van der Waals surface area (Å²) in [6.45, 7) is 1.20. The van der Waals surface area contributed by atoms with Gasteiger partial charge in [-0.05, 0) is 37.8 Å². The molecular formula is C17H23BrO3. The number of halogens is 1. The van der Waals surface area contributed by atoms with Crippen molar-refractivity contribution in [2.75, 3.05) is 13.2 Å². The molecule has 4 heteroatoms. The largest absolute Gasteiger partial charge is 0.462 e. The summed E-state index contributed by atoms with van der Waals surface area (Å²) in [4.78, 5) is 12.2. The second-order valence-electron chi connectivity index (χ2n) is 5.42. The minimum Gasteiger partial charge on any atom is -0.462 e. The molecule has 21 heavy (non-hydrogen) atoms. The van der Waals surface area contributed by atoms with Crippen LogP contribution < -0.4 is 0 Å². The van der Waals surface area contributed by atoms with Gasteiger partial charge in [-0.25, -0.2) is 4.79 Å². The number of rotatable bonds is 7. The van der Waals surface area contributed by atoms with Gasteiger partial charge in [0, 0.05) is 11.4 Å². The lowest BCUT2D eigenvalue weighted by atomic mass is 9.97. The molecule has 0 radical (unpaired) electrons. The van der Waals surface area contributed by atoms with Crippen LogP contribution in [-0.4, -0.2) is 30.1 Å². The van der Waals surface area contributed by atoms with E-state index in [1.807, 2.05) is 18.2 Å². The summed E-state index contributed by atoms with van der Waals surface area (Å²) in [7, 11) is 0. The minimum atomic E-state index is -0.246. The minimum absolute atomic E-state index is 0.246. The van der Waals surface area contributed by atoms with E-state index in [0.29, 0.717) is 23.1 Å². The topological polar surface area (TPSA) is 35.5 Å². The maximum atomic E-state index is 11.7. The van der Waals surface area contributed by atoms with Crippen LogP contribution in [0.25, 0.3) is 0 Å². The normalized spacial score (nSPS) is 22.0. The van der Waals surface area contributed by atoms with E-state index in [0.717, 1.165) is 25.9 Å². The van der Waals surface area contributed by atoms with E-state index in [2.05, 4.69) is 15.9 Å². The van der Waals surface area contributed by atoms with Gasteiger partial charge in [0.05, 0.1) is 18.3 Å². The lowest BCUT2D eigenvalue weighted by Crippen LogP contribution is -2.28. The highest BCUT2D eigenvalue weighted by molar-refractivity contribution is 9.09. The predicted molar refractivity (Wildman–Crippen MR) is 86.9 cm³/mol. The Hall–Kier alpha value is -0.870. The molecule has 1 aliphatic carbocycles. The van der Waals surface area contributed by atoms with E-state index in [-0.39, 0.29) is 5.97 Å². The van der Waals surface area contributed by atoms with Crippen molar-refractivity contribution >= 4 is 21.9 Å². The third-order valence-corrected chi connectivity index (χ3v) is 4.78. The third-order valence-electron chi connectivity index (χ3n) is 3.74. The summed E-state index contributed by atoms with van der Waals surface area (Å²) in [6, 6.07) is 9.10. The number of carbonyl (C=O) groups excluding carboxylic acids is 1. The van der Waals surface area contributed by atoms with Crippen molar-refractivity contribution in [3.05, 3.63) is 35.9 Å². The van der Waals surface area contributed by atoms with E-state index in [9.17, 15) is 4.79 Å². The molecule has 116 valence electrons. The molecule has 0 aromatic heterocycles. The average Bonchev–Trinajstić information content (AvgIpc) is 2.53. The highest BCUT2D eigenvalue weighted by Crippen LogP contribution is 2.26. The quantitative estimate of drug-likeness (QED) is 0.415. The maximum absolute atomic E-state index is 11.7. The first kappa shape index (κ1) is 16.5. The van der Waals surface area contributed by atoms with Crippen LogP contribution in [-0.2, 0) is 9.47 Å². The molecule has 0 heterocycles. The number of esters is 1. The van der Waals surface area contributed by atoms with Crippen LogP contribution in [0.5, 0.6) is 0 Å². The molecule has 1 fully saturated rings. The number of unbranched alkanes of at least 4 members (excludes halogenated alkanes) is 1. The van der Waals surface area contributed by atoms with Crippen LogP contribution in [0.2, 0.25) is 0 Å². The van der Waals surface area contributed by atoms with Crippen molar-refractivity contribution in [3.8, 4) is 0 Å². The number of hydrogen-bond donors (Lipinski definition) is 0. The first-order valence-electron chi connectivity index (χ1n) is 7.75. The number of alkyl halides is 1. The molecule has 0 N–H and O–H groups in total. The Morgan fingerprint density at radius 2 is 1.81 bits per heavy atom. The molecule has 0 amide bonds. The predicted octanol–water partition coefficient (Wildman–Crippen LogP) is 4.35. The van der Waals surface area contributed by atoms with Crippen LogP contribution in [0.3, 0.4) is 0 Å². The molecule has 0 unspecified atom stereocenters. The van der Waals surface area contributed by atoms with Gasteiger partial charge in [-0.3, -0.25) is 0 Å². The van der Waals surface area contributed by atoms with Crippen molar-refractivity contribution in [1.29, 1.82) is 0 Å². The van der Waals surface area contributed by atoms with Crippen LogP contribution >= 0.6 is 15.9 Å². The zero-order valence-electron chi connectivity index (χ0n) is 12.3. The maximum Gasteiger partial charge on any atom is 0.338 e. The van der Waals surface area contributed by atoms with Gasteiger partial charge < -0.3 is 9.47 Å². The summed E-state index contributed by atoms with van der Waals surface area (Å²) < 4.78 is 11.1. The highest BCUT2D eigenvalue weighted by Gasteiger charge is 2.22. The van der Waals surface area contributed by atoms with Crippen molar-refractivity contribution in [2.24, 2.45) is 0 Å². The number of carbonyl (C=O) groups is 1. The number of benzene rings is 1. The molecule has 0 bridgehead atoms. The van der Waals surface area contributed by atoms with Gasteiger partial charge in [0.2, 0.25) is 0 Å². The van der Waals surface area contributed by atoms with Crippen LogP contribution in [0, 0.1) is 0 Å². The zero-order chi connectivity index (χ0) is 14.9. The van der Waals surface area contributed by atoms with Crippen molar-refractivity contribution in [1.82, 2.24) is 0 Å². The Labute approximate surface area is 135 Å². The first-order valence-corrected chi connectivity index (χ1v) is 8.67. The average molecular weight is 355 g/mol. The summed E-state index contributed by atoms with van der Waals surface area (Å²) in [5.41, 5.74) is 0.609. The zero-order valence-corrected chi connectivity index (χ0v) is 13.9. The van der Waals surface area contributed by atoms with E-state index < -0.39 is 0 Å². The molecule has 2 rings (SSSR count).